The van der Waals surface area contributed by atoms with Crippen molar-refractivity contribution in [1.29, 1.82) is 0 Å². The van der Waals surface area contributed by atoms with Gasteiger partial charge in [-0.15, -0.1) is 11.3 Å². The number of carbonyl (C=O) groups is 4. The minimum absolute atomic E-state index is 0.0429. The van der Waals surface area contributed by atoms with Gasteiger partial charge in [-0.1, -0.05) is 107 Å². The van der Waals surface area contributed by atoms with Gasteiger partial charge in [-0.25, -0.2) is 4.98 Å². The molecule has 22 nitrogen and oxygen atoms in total. The van der Waals surface area contributed by atoms with Crippen LogP contribution in [-0.4, -0.2) is 78.0 Å². The topological polar surface area (TPSA) is 266 Å². The van der Waals surface area contributed by atoms with Crippen LogP contribution in [0.15, 0.2) is 244 Å². The molecule has 16 aromatic rings. The molecule has 0 bridgehead atoms. The minimum Gasteiger partial charge on any atom is -0.469 e. The summed E-state index contributed by atoms with van der Waals surface area (Å²) in [6.45, 7) is 6.18. The molecular weight excluding hydrogens is 1540 g/mol. The Kier molecular flexibility index (Phi) is 22.8. The predicted octanol–water partition coefficient (Wildman–Crippen LogP) is 19.4. The molecule has 0 aliphatic heterocycles. The number of amides is 4. The molecule has 8 aromatic heterocycles. The number of aryl methyl sites for hydroxylation is 3. The van der Waals surface area contributed by atoms with E-state index in [1.165, 1.54) is 84.6 Å². The van der Waals surface area contributed by atoms with Crippen LogP contribution in [0.5, 0.6) is 0 Å². The van der Waals surface area contributed by atoms with Gasteiger partial charge in [0.25, 0.3) is 23.6 Å². The van der Waals surface area contributed by atoms with E-state index in [0.29, 0.717) is 83.8 Å². The lowest BCUT2D eigenvalue weighted by molar-refractivity contribution is -0.138. The van der Waals surface area contributed by atoms with Gasteiger partial charge in [-0.3, -0.25) is 37.9 Å². The van der Waals surface area contributed by atoms with Crippen molar-refractivity contribution in [1.82, 2.24) is 54.4 Å². The number of alkyl halides is 12. The number of fused-ring (bicyclic) bond motifs is 4. The van der Waals surface area contributed by atoms with Crippen LogP contribution in [0.25, 0.3) is 43.6 Å². The molecule has 35 heteroatoms. The van der Waals surface area contributed by atoms with E-state index >= 15 is 0 Å². The number of carbonyl (C=O) groups excluding carboxylic acids is 4. The van der Waals surface area contributed by atoms with Crippen molar-refractivity contribution in [2.24, 2.45) is 0 Å². The zero-order valence-electron chi connectivity index (χ0n) is 60.0. The Morgan fingerprint density at radius 2 is 0.730 bits per heavy atom. The van der Waals surface area contributed by atoms with Crippen molar-refractivity contribution in [3.05, 3.63) is 314 Å². The van der Waals surface area contributed by atoms with E-state index in [1.54, 1.807) is 69.3 Å². The summed E-state index contributed by atoms with van der Waals surface area (Å²) >= 11 is 1.25. The Labute approximate surface area is 645 Å². The number of halogens is 12. The third-order valence-corrected chi connectivity index (χ3v) is 18.6. The Hall–Kier alpha value is -14.0. The maximum atomic E-state index is 12.8. The van der Waals surface area contributed by atoms with Crippen LogP contribution in [0.4, 0.5) is 76.0 Å². The van der Waals surface area contributed by atoms with Crippen molar-refractivity contribution in [3.8, 4) is 0 Å². The molecule has 8 heterocycles. The fourth-order valence-electron chi connectivity index (χ4n) is 11.9. The van der Waals surface area contributed by atoms with Crippen LogP contribution in [-0.2, 0) is 50.9 Å². The molecule has 8 aromatic carbocycles. The van der Waals surface area contributed by atoms with Crippen molar-refractivity contribution in [3.63, 3.8) is 0 Å². The second-order valence-electron chi connectivity index (χ2n) is 25.6. The standard InChI is InChI=1S/C21H16F3N3O2.C20H15F3N4O2.C20H15F3N4OS.C19H13F3N4O2/c1-13-16(10-11-29-13)20(28)25-19-17-4-2-3-5-18(17)27(26-19)12-14-6-8-15(9-7-14)21(22,23)24;1-12-10-24-29-17(12)19(28)25-18-15-4-2-3-5-16(15)27(26-18)11-13-6-8-14(9-7-13)20(21,22)23;1-12-17(29-11-24-12)19(28)25-18-15-4-2-3-5-16(15)27(26-18)10-13-6-8-14(9-7-13)20(21,22)23;20-19(21,22)13-7-5-12(6-8-13)11-26-15-4-2-1-3-14(15)17(25-26)24-18(27)16-9-10-23-28-16/h2-11H,12H2,1H3,(H,25,26,28);2-10H,11H2,1H3,(H,25,26,28);2-9,11H,10H2,1H3,(H,25,26,28);1-10H,11H2,(H,24,25,27). The largest absolute Gasteiger partial charge is 0.469 e. The monoisotopic (exact) mass is 1600 g/mol. The summed E-state index contributed by atoms with van der Waals surface area (Å²) in [5.41, 5.74) is 6.05. The zero-order valence-corrected chi connectivity index (χ0v) is 60.8. The summed E-state index contributed by atoms with van der Waals surface area (Å²) in [4.78, 5) is 54.3. The van der Waals surface area contributed by atoms with Gasteiger partial charge in [-0.2, -0.15) is 73.1 Å². The van der Waals surface area contributed by atoms with Gasteiger partial charge in [0.2, 0.25) is 11.5 Å². The van der Waals surface area contributed by atoms with Crippen LogP contribution >= 0.6 is 11.3 Å². The Morgan fingerprint density at radius 1 is 0.391 bits per heavy atom. The van der Waals surface area contributed by atoms with Crippen LogP contribution in [0.1, 0.15) is 103 Å². The number of rotatable bonds is 16. The number of para-hydroxylation sites is 4. The lowest BCUT2D eigenvalue weighted by Gasteiger charge is -2.08. The number of furan rings is 1. The lowest BCUT2D eigenvalue weighted by atomic mass is 10.1. The predicted molar refractivity (Wildman–Crippen MR) is 401 cm³/mol. The molecular formula is C80H59F12N15O7S. The van der Waals surface area contributed by atoms with Gasteiger partial charge in [0.15, 0.2) is 23.3 Å². The number of hydrogen-bond donors (Lipinski definition) is 4. The van der Waals surface area contributed by atoms with E-state index in [0.717, 1.165) is 81.4 Å². The highest BCUT2D eigenvalue weighted by Gasteiger charge is 2.34. The maximum Gasteiger partial charge on any atom is 0.416 e. The number of hydrogen-bond acceptors (Lipinski definition) is 15. The molecule has 0 aliphatic carbocycles. The number of anilines is 4. The fourth-order valence-corrected chi connectivity index (χ4v) is 12.6. The molecule has 0 saturated carbocycles. The molecule has 115 heavy (non-hydrogen) atoms. The highest BCUT2D eigenvalue weighted by molar-refractivity contribution is 7.12. The third kappa shape index (κ3) is 18.6. The summed E-state index contributed by atoms with van der Waals surface area (Å²) in [5, 5.41) is 38.7. The Bertz CT molecular complexity index is 5690. The first kappa shape index (κ1) is 79.1. The van der Waals surface area contributed by atoms with Gasteiger partial charge in [0.05, 0.1) is 106 Å². The summed E-state index contributed by atoms with van der Waals surface area (Å²) in [6.07, 6.45) is -13.3. The molecule has 0 aliphatic rings. The maximum absolute atomic E-state index is 12.8. The number of aromatic nitrogens is 11. The zero-order chi connectivity index (χ0) is 81.5. The highest BCUT2D eigenvalue weighted by atomic mass is 32.1. The minimum atomic E-state index is -4.38. The summed E-state index contributed by atoms with van der Waals surface area (Å²) < 4.78 is 175. The Balaban J connectivity index is 0.000000134. The van der Waals surface area contributed by atoms with E-state index in [2.05, 4.69) is 57.0 Å². The van der Waals surface area contributed by atoms with Crippen LogP contribution in [0.3, 0.4) is 0 Å². The first-order valence-electron chi connectivity index (χ1n) is 34.4. The molecule has 0 atom stereocenters. The van der Waals surface area contributed by atoms with Crippen LogP contribution in [0.2, 0.25) is 0 Å². The number of benzene rings is 8. The van der Waals surface area contributed by atoms with Crippen molar-refractivity contribution in [2.75, 3.05) is 21.3 Å². The van der Waals surface area contributed by atoms with Gasteiger partial charge in [-0.05, 0) is 146 Å². The fraction of sp³-hybridized carbons (Fsp3) is 0.138. The molecule has 0 radical (unpaired) electrons. The van der Waals surface area contributed by atoms with E-state index in [-0.39, 0.29) is 49.5 Å². The van der Waals surface area contributed by atoms with Gasteiger partial charge in [0.1, 0.15) is 10.6 Å². The molecule has 0 saturated heterocycles. The van der Waals surface area contributed by atoms with Gasteiger partial charge < -0.3 is 34.7 Å². The van der Waals surface area contributed by atoms with Crippen molar-refractivity contribution >= 4 is 102 Å². The smallest absolute Gasteiger partial charge is 0.416 e. The molecule has 0 spiro atoms. The molecule has 16 rings (SSSR count). The quantitative estimate of drug-likeness (QED) is 0.0656. The first-order valence-corrected chi connectivity index (χ1v) is 35.3. The molecule has 0 fully saturated rings. The molecule has 4 amide bonds. The van der Waals surface area contributed by atoms with E-state index in [9.17, 15) is 71.9 Å². The first-order chi connectivity index (χ1) is 54.9. The van der Waals surface area contributed by atoms with Crippen LogP contribution < -0.4 is 21.3 Å². The molecule has 4 N–H and O–H groups in total. The molecule has 586 valence electrons. The average molecular weight is 1600 g/mol. The normalized spacial score (nSPS) is 11.7. The van der Waals surface area contributed by atoms with Gasteiger partial charge in [0, 0.05) is 33.2 Å². The number of thiazole rings is 1. The lowest BCUT2D eigenvalue weighted by Crippen LogP contribution is -2.13. The van der Waals surface area contributed by atoms with Crippen molar-refractivity contribution < 1.29 is 85.3 Å². The Morgan fingerprint density at radius 3 is 1.03 bits per heavy atom. The van der Waals surface area contributed by atoms with E-state index < -0.39 is 58.8 Å². The van der Waals surface area contributed by atoms with Crippen LogP contribution in [0, 0.1) is 20.8 Å². The number of nitrogens with one attached hydrogen (secondary N) is 4. The number of nitrogens with zero attached hydrogens (tertiary/aromatic N) is 11. The van der Waals surface area contributed by atoms with E-state index in [4.69, 9.17) is 13.5 Å². The van der Waals surface area contributed by atoms with Crippen molar-refractivity contribution in [2.45, 2.75) is 71.7 Å². The third-order valence-electron chi connectivity index (χ3n) is 17.7. The average Bonchev–Trinajstić information content (AvgIpc) is 1.66. The summed E-state index contributed by atoms with van der Waals surface area (Å²) in [6, 6.07) is 51.8. The molecule has 0 unspecified atom stereocenters. The second kappa shape index (κ2) is 33.1. The second-order valence-corrected chi connectivity index (χ2v) is 26.4. The SMILES string of the molecule is Cc1cnoc1C(=O)Nc1nn(Cc2ccc(C(F)(F)F)cc2)c2ccccc12.Cc1ncsc1C(=O)Nc1nn(Cc2ccc(C(F)(F)F)cc2)c2ccccc12.Cc1occc1C(=O)Nc1nn(Cc2ccc(C(F)(F)F)cc2)c2ccccc12.O=C(Nc1nn(Cc2ccc(C(F)(F)F)cc2)c2ccccc12)c1ccno1. The highest BCUT2D eigenvalue weighted by Crippen LogP contribution is 2.36. The summed E-state index contributed by atoms with van der Waals surface area (Å²) in [5.74, 6) is 0.424. The van der Waals surface area contributed by atoms with Gasteiger partial charge >= 0.3 is 24.7 Å². The van der Waals surface area contributed by atoms with E-state index in [1.807, 2.05) is 78.9 Å². The summed E-state index contributed by atoms with van der Waals surface area (Å²) in [7, 11) is 0.